The van der Waals surface area contributed by atoms with Gasteiger partial charge < -0.3 is 10.2 Å². The summed E-state index contributed by atoms with van der Waals surface area (Å²) in [6.45, 7) is 7.30. The number of hydrogen-bond acceptors (Lipinski definition) is 2. The highest BCUT2D eigenvalue weighted by atomic mass is 16.2. The summed E-state index contributed by atoms with van der Waals surface area (Å²) in [7, 11) is 1.87. The Morgan fingerprint density at radius 3 is 2.64 bits per heavy atom. The van der Waals surface area contributed by atoms with Crippen molar-refractivity contribution in [2.75, 3.05) is 13.6 Å². The maximum Gasteiger partial charge on any atom is 0.239 e. The van der Waals surface area contributed by atoms with Crippen molar-refractivity contribution < 1.29 is 4.79 Å². The molecule has 0 aromatic rings. The number of nitrogens with one attached hydrogen (secondary N) is 1. The predicted molar refractivity (Wildman–Crippen MR) is 58.1 cm³/mol. The fraction of sp³-hybridized carbons (Fsp3) is 0.909. The lowest BCUT2D eigenvalue weighted by molar-refractivity contribution is -0.134. The summed E-state index contributed by atoms with van der Waals surface area (Å²) in [4.78, 5) is 14.0. The van der Waals surface area contributed by atoms with Crippen LogP contribution < -0.4 is 5.32 Å². The van der Waals surface area contributed by atoms with Gasteiger partial charge in [-0.05, 0) is 39.7 Å². The molecule has 1 rings (SSSR count). The van der Waals surface area contributed by atoms with Crippen molar-refractivity contribution in [3.05, 3.63) is 0 Å². The largest absolute Gasteiger partial charge is 0.339 e. The zero-order valence-corrected chi connectivity index (χ0v) is 9.71. The second-order valence-electron chi connectivity index (χ2n) is 4.60. The summed E-state index contributed by atoms with van der Waals surface area (Å²) in [5.74, 6) is 0.909. The van der Waals surface area contributed by atoms with Crippen LogP contribution in [0.3, 0.4) is 0 Å². The van der Waals surface area contributed by atoms with Crippen LogP contribution in [-0.4, -0.2) is 36.5 Å². The maximum absolute atomic E-state index is 12.0. The highest BCUT2D eigenvalue weighted by molar-refractivity contribution is 5.82. The fourth-order valence-corrected chi connectivity index (χ4v) is 2.04. The van der Waals surface area contributed by atoms with Gasteiger partial charge in [-0.1, -0.05) is 6.92 Å². The Bertz CT molecular complexity index is 203. The molecule has 1 saturated heterocycles. The van der Waals surface area contributed by atoms with Gasteiger partial charge in [0.15, 0.2) is 0 Å². The smallest absolute Gasteiger partial charge is 0.239 e. The van der Waals surface area contributed by atoms with Gasteiger partial charge in [-0.15, -0.1) is 0 Å². The Morgan fingerprint density at radius 2 is 2.14 bits per heavy atom. The average Bonchev–Trinajstić information content (AvgIpc) is 2.26. The van der Waals surface area contributed by atoms with Crippen LogP contribution in [0.1, 0.15) is 33.6 Å². The number of likely N-dealkylation sites (N-methyl/N-ethyl adjacent to an activating group) is 1. The van der Waals surface area contributed by atoms with E-state index in [2.05, 4.69) is 26.1 Å². The molecule has 1 aliphatic heterocycles. The van der Waals surface area contributed by atoms with E-state index in [-0.39, 0.29) is 11.9 Å². The Hall–Kier alpha value is -0.570. The molecule has 0 radical (unpaired) electrons. The molecule has 3 nitrogen and oxygen atoms in total. The molecule has 0 spiro atoms. The molecule has 0 aromatic carbocycles. The van der Waals surface area contributed by atoms with Crippen LogP contribution in [0.5, 0.6) is 0 Å². The summed E-state index contributed by atoms with van der Waals surface area (Å²) in [5, 5.41) is 3.12. The number of carbonyl (C=O) groups excluding carboxylic acids is 1. The van der Waals surface area contributed by atoms with E-state index in [0.717, 1.165) is 19.4 Å². The molecule has 0 aromatic heterocycles. The van der Waals surface area contributed by atoms with E-state index in [4.69, 9.17) is 0 Å². The van der Waals surface area contributed by atoms with E-state index in [1.54, 1.807) is 0 Å². The van der Waals surface area contributed by atoms with Crippen LogP contribution in [0, 0.1) is 5.92 Å². The first-order chi connectivity index (χ1) is 6.56. The number of likely N-dealkylation sites (tertiary alicyclic amines) is 1. The summed E-state index contributed by atoms with van der Waals surface area (Å²) in [5.41, 5.74) is 0. The molecule has 82 valence electrons. The van der Waals surface area contributed by atoms with Gasteiger partial charge in [-0.2, -0.15) is 0 Å². The third-order valence-electron chi connectivity index (χ3n) is 3.05. The van der Waals surface area contributed by atoms with Gasteiger partial charge in [0.2, 0.25) is 5.91 Å². The third-order valence-corrected chi connectivity index (χ3v) is 3.05. The van der Waals surface area contributed by atoms with E-state index in [1.807, 2.05) is 11.9 Å². The third kappa shape index (κ3) is 2.47. The molecule has 1 aliphatic rings. The summed E-state index contributed by atoms with van der Waals surface area (Å²) in [6, 6.07) is 0.346. The molecular formula is C11H22N2O. The Balaban J connectivity index is 2.74. The van der Waals surface area contributed by atoms with Crippen molar-refractivity contribution in [3.63, 3.8) is 0 Å². The van der Waals surface area contributed by atoms with Gasteiger partial charge >= 0.3 is 0 Å². The molecule has 14 heavy (non-hydrogen) atoms. The first-order valence-corrected chi connectivity index (χ1v) is 5.54. The summed E-state index contributed by atoms with van der Waals surface area (Å²) >= 11 is 0. The summed E-state index contributed by atoms with van der Waals surface area (Å²) in [6.07, 6.45) is 2.10. The van der Waals surface area contributed by atoms with Crippen LogP contribution in [-0.2, 0) is 4.79 Å². The predicted octanol–water partition coefficient (Wildman–Crippen LogP) is 1.24. The molecule has 2 atom stereocenters. The lowest BCUT2D eigenvalue weighted by Gasteiger charge is -2.27. The first kappa shape index (κ1) is 11.5. The molecule has 3 heteroatoms. The van der Waals surface area contributed by atoms with Crippen LogP contribution in [0.15, 0.2) is 0 Å². The Labute approximate surface area is 86.9 Å². The zero-order valence-electron chi connectivity index (χ0n) is 9.71. The number of hydrogen-bond donors (Lipinski definition) is 1. The zero-order chi connectivity index (χ0) is 10.7. The number of nitrogens with zero attached hydrogens (tertiary/aromatic N) is 1. The monoisotopic (exact) mass is 198 g/mol. The molecular weight excluding hydrogens is 176 g/mol. The van der Waals surface area contributed by atoms with E-state index < -0.39 is 0 Å². The minimum Gasteiger partial charge on any atom is -0.339 e. The normalized spacial score (nSPS) is 29.5. The Kier molecular flexibility index (Phi) is 3.93. The van der Waals surface area contributed by atoms with E-state index >= 15 is 0 Å². The standard InChI is InChI=1S/C11H22N2O/c1-8(2)13-6-5-9(3)7-10(12-4)11(13)14/h8-10,12H,5-7H2,1-4H3. The second-order valence-corrected chi connectivity index (χ2v) is 4.60. The summed E-state index contributed by atoms with van der Waals surface area (Å²) < 4.78 is 0. The van der Waals surface area contributed by atoms with Gasteiger partial charge in [0.05, 0.1) is 6.04 Å². The van der Waals surface area contributed by atoms with Crippen LogP contribution in [0.25, 0.3) is 0 Å². The van der Waals surface area contributed by atoms with Gasteiger partial charge in [-0.25, -0.2) is 0 Å². The van der Waals surface area contributed by atoms with Crippen molar-refractivity contribution >= 4 is 5.91 Å². The van der Waals surface area contributed by atoms with Crippen LogP contribution in [0.2, 0.25) is 0 Å². The fourth-order valence-electron chi connectivity index (χ4n) is 2.04. The van der Waals surface area contributed by atoms with Crippen molar-refractivity contribution in [1.82, 2.24) is 10.2 Å². The van der Waals surface area contributed by atoms with Crippen molar-refractivity contribution in [1.29, 1.82) is 0 Å². The molecule has 1 fully saturated rings. The van der Waals surface area contributed by atoms with Gasteiger partial charge in [0.1, 0.15) is 0 Å². The quantitative estimate of drug-likeness (QED) is 0.724. The minimum atomic E-state index is 0.0231. The topological polar surface area (TPSA) is 32.3 Å². The van der Waals surface area contributed by atoms with Crippen molar-refractivity contribution in [3.8, 4) is 0 Å². The van der Waals surface area contributed by atoms with Crippen molar-refractivity contribution in [2.45, 2.75) is 45.7 Å². The van der Waals surface area contributed by atoms with Crippen molar-refractivity contribution in [2.24, 2.45) is 5.92 Å². The molecule has 0 bridgehead atoms. The SMILES string of the molecule is CNC1CC(C)CCN(C(C)C)C1=O. The number of amides is 1. The molecule has 0 aliphatic carbocycles. The number of carbonyl (C=O) groups is 1. The van der Waals surface area contributed by atoms with Gasteiger partial charge in [0, 0.05) is 12.6 Å². The van der Waals surface area contributed by atoms with E-state index in [1.165, 1.54) is 0 Å². The Morgan fingerprint density at radius 1 is 1.50 bits per heavy atom. The van der Waals surface area contributed by atoms with Gasteiger partial charge in [0.25, 0.3) is 0 Å². The highest BCUT2D eigenvalue weighted by Crippen LogP contribution is 2.19. The average molecular weight is 198 g/mol. The lowest BCUT2D eigenvalue weighted by atomic mass is 10.0. The molecule has 0 saturated carbocycles. The number of rotatable bonds is 2. The maximum atomic E-state index is 12.0. The molecule has 1 amide bonds. The minimum absolute atomic E-state index is 0.0231. The van der Waals surface area contributed by atoms with Crippen LogP contribution in [0.4, 0.5) is 0 Å². The lowest BCUT2D eigenvalue weighted by Crippen LogP contribution is -2.46. The van der Waals surface area contributed by atoms with Crippen LogP contribution >= 0.6 is 0 Å². The highest BCUT2D eigenvalue weighted by Gasteiger charge is 2.29. The molecule has 1 N–H and O–H groups in total. The van der Waals surface area contributed by atoms with E-state index in [9.17, 15) is 4.79 Å². The first-order valence-electron chi connectivity index (χ1n) is 5.54. The van der Waals surface area contributed by atoms with Gasteiger partial charge in [-0.3, -0.25) is 4.79 Å². The van der Waals surface area contributed by atoms with E-state index in [0.29, 0.717) is 12.0 Å². The second kappa shape index (κ2) is 4.78. The molecule has 2 unspecified atom stereocenters. The molecule has 1 heterocycles.